The van der Waals surface area contributed by atoms with Crippen molar-refractivity contribution in [2.75, 3.05) is 0 Å². The van der Waals surface area contributed by atoms with Gasteiger partial charge in [-0.2, -0.15) is 5.20 Å². The van der Waals surface area contributed by atoms with Crippen LogP contribution in [0.25, 0.3) is 0 Å². The van der Waals surface area contributed by atoms with Crippen molar-refractivity contribution in [1.82, 2.24) is 0 Å². The maximum Gasteiger partial charge on any atom is 0.0526 e. The third-order valence-electron chi connectivity index (χ3n) is 1.91. The molecule has 0 aromatic carbocycles. The van der Waals surface area contributed by atoms with Crippen LogP contribution in [-0.4, -0.2) is 8.07 Å². The SMILES string of the molecule is CC1=[C-]CC([Si](C)(C)C)=C1.Cl.Cl.[Ti]. The van der Waals surface area contributed by atoms with Gasteiger partial charge < -0.3 is 0 Å². The number of hydrogen-bond donors (Lipinski definition) is 0. The molecular weight excluding hydrogens is 255 g/mol. The summed E-state index contributed by atoms with van der Waals surface area (Å²) in [6.07, 6.45) is 6.75. The largest absolute Gasteiger partial charge is 0.270 e. The van der Waals surface area contributed by atoms with E-state index in [-0.39, 0.29) is 46.5 Å². The van der Waals surface area contributed by atoms with Gasteiger partial charge in [0.25, 0.3) is 0 Å². The van der Waals surface area contributed by atoms with E-state index in [0.29, 0.717) is 0 Å². The molecule has 1 aliphatic carbocycles. The van der Waals surface area contributed by atoms with Crippen molar-refractivity contribution in [3.8, 4) is 0 Å². The van der Waals surface area contributed by atoms with Crippen LogP contribution in [0.15, 0.2) is 16.8 Å². The van der Waals surface area contributed by atoms with Crippen molar-refractivity contribution in [1.29, 1.82) is 0 Å². The van der Waals surface area contributed by atoms with Crippen LogP contribution < -0.4 is 0 Å². The molecule has 0 heterocycles. The third kappa shape index (κ3) is 6.14. The first-order chi connectivity index (χ1) is 4.50. The zero-order valence-corrected chi connectivity index (χ0v) is 12.8. The molecule has 0 aromatic heterocycles. The van der Waals surface area contributed by atoms with Crippen LogP contribution in [0, 0.1) is 6.08 Å². The number of hydrogen-bond acceptors (Lipinski definition) is 0. The van der Waals surface area contributed by atoms with Crippen LogP contribution >= 0.6 is 24.8 Å². The Bertz CT molecular complexity index is 204. The molecule has 1 rings (SSSR count). The van der Waals surface area contributed by atoms with Crippen molar-refractivity contribution in [3.05, 3.63) is 22.9 Å². The molecule has 0 bridgehead atoms. The van der Waals surface area contributed by atoms with Crippen LogP contribution in [0.5, 0.6) is 0 Å². The second-order valence-corrected chi connectivity index (χ2v) is 9.10. The number of halogens is 2. The van der Waals surface area contributed by atoms with Crippen LogP contribution in [0.2, 0.25) is 19.6 Å². The fourth-order valence-electron chi connectivity index (χ4n) is 1.08. The van der Waals surface area contributed by atoms with Gasteiger partial charge in [-0.3, -0.25) is 6.08 Å². The molecule has 0 amide bonds. The summed E-state index contributed by atoms with van der Waals surface area (Å²) in [5.41, 5.74) is 1.33. The van der Waals surface area contributed by atoms with E-state index < -0.39 is 8.07 Å². The summed E-state index contributed by atoms with van der Waals surface area (Å²) >= 11 is 0. The van der Waals surface area contributed by atoms with Crippen molar-refractivity contribution in [2.24, 2.45) is 0 Å². The van der Waals surface area contributed by atoms with E-state index in [1.54, 1.807) is 5.20 Å². The Morgan fingerprint density at radius 2 is 1.69 bits per heavy atom. The van der Waals surface area contributed by atoms with Crippen molar-refractivity contribution < 1.29 is 21.7 Å². The summed E-state index contributed by atoms with van der Waals surface area (Å²) < 4.78 is 0. The molecule has 0 saturated carbocycles. The third-order valence-corrected chi connectivity index (χ3v) is 4.16. The van der Waals surface area contributed by atoms with Gasteiger partial charge in [0.1, 0.15) is 0 Å². The molecule has 0 saturated heterocycles. The van der Waals surface area contributed by atoms with Gasteiger partial charge in [0.2, 0.25) is 0 Å². The second kappa shape index (κ2) is 7.30. The van der Waals surface area contributed by atoms with Crippen LogP contribution in [0.3, 0.4) is 0 Å². The molecule has 0 radical (unpaired) electrons. The summed E-state index contributed by atoms with van der Waals surface area (Å²) in [5, 5.41) is 1.64. The summed E-state index contributed by atoms with van der Waals surface area (Å²) in [6.45, 7) is 9.30. The zero-order valence-electron chi connectivity index (χ0n) is 8.60. The van der Waals surface area contributed by atoms with Crippen molar-refractivity contribution in [3.63, 3.8) is 0 Å². The molecule has 0 aromatic rings. The van der Waals surface area contributed by atoms with Crippen molar-refractivity contribution >= 4 is 32.9 Å². The van der Waals surface area contributed by atoms with E-state index in [9.17, 15) is 0 Å². The standard InChI is InChI=1S/C9H15Si.2ClH.Ti/c1-8-5-6-9(7-8)10(2,3)4;;;/h7H,6H2,1-4H3;2*1H;/q-1;;;. The predicted octanol–water partition coefficient (Wildman–Crippen LogP) is 3.78. The van der Waals surface area contributed by atoms with Crippen molar-refractivity contribution in [2.45, 2.75) is 33.0 Å². The van der Waals surface area contributed by atoms with Gasteiger partial charge in [-0.25, -0.2) is 11.6 Å². The van der Waals surface area contributed by atoms with Gasteiger partial charge in [0.05, 0.1) is 8.07 Å². The first kappa shape index (κ1) is 19.5. The molecule has 76 valence electrons. The zero-order chi connectivity index (χ0) is 7.78. The molecule has 1 aliphatic rings. The molecule has 0 fully saturated rings. The second-order valence-electron chi connectivity index (χ2n) is 3.96. The maximum atomic E-state index is 3.33. The molecule has 0 spiro atoms. The predicted molar refractivity (Wildman–Crippen MR) is 63.0 cm³/mol. The molecular formula is C9H17Cl2SiTi-. The Hall–Kier alpha value is 0.991. The van der Waals surface area contributed by atoms with Gasteiger partial charge in [0.15, 0.2) is 0 Å². The molecule has 0 N–H and O–H groups in total. The summed E-state index contributed by atoms with van der Waals surface area (Å²) in [5.74, 6) is 0. The topological polar surface area (TPSA) is 0 Å². The minimum absolute atomic E-state index is 0. The first-order valence-corrected chi connectivity index (χ1v) is 7.28. The van der Waals surface area contributed by atoms with E-state index in [1.807, 2.05) is 0 Å². The van der Waals surface area contributed by atoms with Crippen LogP contribution in [0.1, 0.15) is 13.3 Å². The number of rotatable bonds is 1. The Kier molecular flexibility index (Phi) is 11.0. The minimum Gasteiger partial charge on any atom is -0.270 e. The van der Waals surface area contributed by atoms with Gasteiger partial charge in [-0.05, 0) is 0 Å². The molecule has 0 nitrogen and oxygen atoms in total. The molecule has 4 heteroatoms. The smallest absolute Gasteiger partial charge is 0.0526 e. The Labute approximate surface area is 110 Å². The van der Waals surface area contributed by atoms with Gasteiger partial charge in [0, 0.05) is 21.7 Å². The van der Waals surface area contributed by atoms with Gasteiger partial charge >= 0.3 is 0 Å². The summed E-state index contributed by atoms with van der Waals surface area (Å²) in [7, 11) is -0.988. The first-order valence-electron chi connectivity index (χ1n) is 3.78. The van der Waals surface area contributed by atoms with Gasteiger partial charge in [-0.1, -0.05) is 26.6 Å². The quantitative estimate of drug-likeness (QED) is 0.503. The fraction of sp³-hybridized carbons (Fsp3) is 0.556. The normalized spacial score (nSPS) is 14.5. The molecule has 0 atom stereocenters. The Morgan fingerprint density at radius 3 is 1.85 bits per heavy atom. The maximum absolute atomic E-state index is 3.33. The van der Waals surface area contributed by atoms with E-state index in [1.165, 1.54) is 5.57 Å². The summed E-state index contributed by atoms with van der Waals surface area (Å²) in [6, 6.07) is 0. The van der Waals surface area contributed by atoms with E-state index in [4.69, 9.17) is 0 Å². The Morgan fingerprint density at radius 1 is 1.23 bits per heavy atom. The van der Waals surface area contributed by atoms with E-state index in [0.717, 1.165) is 6.42 Å². The van der Waals surface area contributed by atoms with E-state index >= 15 is 0 Å². The Balaban J connectivity index is -0.000000333. The number of allylic oxidation sites excluding steroid dienone is 4. The average molecular weight is 272 g/mol. The molecule has 13 heavy (non-hydrogen) atoms. The van der Waals surface area contributed by atoms with Crippen LogP contribution in [-0.2, 0) is 21.7 Å². The molecule has 0 unspecified atom stereocenters. The fourth-order valence-corrected chi connectivity index (χ4v) is 2.35. The monoisotopic (exact) mass is 271 g/mol. The minimum atomic E-state index is -0.988. The van der Waals surface area contributed by atoms with Crippen LogP contribution in [0.4, 0.5) is 0 Å². The van der Waals surface area contributed by atoms with E-state index in [2.05, 4.69) is 38.7 Å². The van der Waals surface area contributed by atoms with Gasteiger partial charge in [-0.15, -0.1) is 31.2 Å². The molecule has 0 aliphatic heterocycles. The average Bonchev–Trinajstić information content (AvgIpc) is 2.11. The summed E-state index contributed by atoms with van der Waals surface area (Å²) in [4.78, 5) is 0.